The van der Waals surface area contributed by atoms with Crippen LogP contribution in [-0.4, -0.2) is 53.8 Å². The number of benzene rings is 2. The predicted molar refractivity (Wildman–Crippen MR) is 105 cm³/mol. The van der Waals surface area contributed by atoms with Crippen molar-refractivity contribution in [3.63, 3.8) is 0 Å². The number of nitrogens with zero attached hydrogens (tertiary/aromatic N) is 2. The summed E-state index contributed by atoms with van der Waals surface area (Å²) in [6.45, 7) is 1.69. The van der Waals surface area contributed by atoms with Gasteiger partial charge in [-0.3, -0.25) is 14.5 Å². The first-order chi connectivity index (χ1) is 13.6. The Hall–Kier alpha value is -3.19. The average molecular weight is 380 g/mol. The molecule has 7 nitrogen and oxygen atoms in total. The minimum atomic E-state index is -0.389. The number of amides is 4. The quantitative estimate of drug-likeness (QED) is 0.677. The highest BCUT2D eigenvalue weighted by Crippen LogP contribution is 2.12. The van der Waals surface area contributed by atoms with E-state index in [1.165, 1.54) is 5.56 Å². The van der Waals surface area contributed by atoms with Crippen molar-refractivity contribution in [3.8, 4) is 0 Å². The number of imide groups is 1. The van der Waals surface area contributed by atoms with Crippen LogP contribution in [0.5, 0.6) is 0 Å². The minimum absolute atomic E-state index is 0.0326. The van der Waals surface area contributed by atoms with Crippen molar-refractivity contribution in [1.82, 2.24) is 15.1 Å². The summed E-state index contributed by atoms with van der Waals surface area (Å²) in [4.78, 5) is 39.1. The molecule has 0 atom stereocenters. The van der Waals surface area contributed by atoms with E-state index in [1.54, 1.807) is 29.2 Å². The second-order valence-electron chi connectivity index (χ2n) is 6.65. The molecule has 0 aromatic heterocycles. The average Bonchev–Trinajstić information content (AvgIpc) is 3.04. The lowest BCUT2D eigenvalue weighted by molar-refractivity contribution is -0.125. The standard InChI is InChI=1S/C21H24N4O3/c22-11-13-24(12-10-16-4-2-1-3-5-16)20(27)18-8-6-17(7-9-18)15-25-19(26)14-23-21(25)28/h1-9H,10-15,22H2,(H,23,28). The number of urea groups is 1. The van der Waals surface area contributed by atoms with Crippen LogP contribution in [0.25, 0.3) is 0 Å². The van der Waals surface area contributed by atoms with Crippen LogP contribution in [0.3, 0.4) is 0 Å². The maximum Gasteiger partial charge on any atom is 0.324 e. The Morgan fingerprint density at radius 2 is 1.71 bits per heavy atom. The van der Waals surface area contributed by atoms with Gasteiger partial charge in [-0.1, -0.05) is 42.5 Å². The Kier molecular flexibility index (Phi) is 6.39. The normalized spacial score (nSPS) is 13.5. The van der Waals surface area contributed by atoms with Gasteiger partial charge in [-0.25, -0.2) is 4.79 Å². The maximum atomic E-state index is 12.9. The number of carbonyl (C=O) groups is 3. The lowest BCUT2D eigenvalue weighted by Crippen LogP contribution is -2.37. The zero-order valence-corrected chi connectivity index (χ0v) is 15.6. The molecule has 1 saturated heterocycles. The van der Waals surface area contributed by atoms with E-state index < -0.39 is 0 Å². The zero-order chi connectivity index (χ0) is 19.9. The lowest BCUT2D eigenvalue weighted by Gasteiger charge is -2.22. The second-order valence-corrected chi connectivity index (χ2v) is 6.65. The molecule has 1 heterocycles. The topological polar surface area (TPSA) is 95.7 Å². The summed E-state index contributed by atoms with van der Waals surface area (Å²) in [6, 6.07) is 16.6. The number of rotatable bonds is 8. The third kappa shape index (κ3) is 4.75. The van der Waals surface area contributed by atoms with E-state index >= 15 is 0 Å². The molecule has 0 unspecified atom stereocenters. The summed E-state index contributed by atoms with van der Waals surface area (Å²) in [7, 11) is 0. The van der Waals surface area contributed by atoms with Crippen LogP contribution in [-0.2, 0) is 17.8 Å². The molecule has 7 heteroatoms. The summed E-state index contributed by atoms with van der Waals surface area (Å²) in [5, 5.41) is 2.49. The predicted octanol–water partition coefficient (Wildman–Crippen LogP) is 1.38. The van der Waals surface area contributed by atoms with Crippen molar-refractivity contribution in [1.29, 1.82) is 0 Å². The molecule has 146 valence electrons. The first kappa shape index (κ1) is 19.6. The van der Waals surface area contributed by atoms with Gasteiger partial charge in [0.05, 0.1) is 13.1 Å². The monoisotopic (exact) mass is 380 g/mol. The van der Waals surface area contributed by atoms with Crippen molar-refractivity contribution < 1.29 is 14.4 Å². The lowest BCUT2D eigenvalue weighted by atomic mass is 10.1. The van der Waals surface area contributed by atoms with Gasteiger partial charge in [-0.15, -0.1) is 0 Å². The van der Waals surface area contributed by atoms with Crippen LogP contribution in [0.1, 0.15) is 21.5 Å². The number of carbonyl (C=O) groups excluding carboxylic acids is 3. The van der Waals surface area contributed by atoms with Gasteiger partial charge in [0.2, 0.25) is 5.91 Å². The van der Waals surface area contributed by atoms with E-state index in [-0.39, 0.29) is 30.9 Å². The third-order valence-corrected chi connectivity index (χ3v) is 4.68. The fourth-order valence-electron chi connectivity index (χ4n) is 3.11. The Labute approximate surface area is 164 Å². The van der Waals surface area contributed by atoms with E-state index in [4.69, 9.17) is 5.73 Å². The molecule has 1 aliphatic rings. The summed E-state index contributed by atoms with van der Waals surface area (Å²) in [5.74, 6) is -0.330. The van der Waals surface area contributed by atoms with Gasteiger partial charge < -0.3 is 16.0 Å². The Morgan fingerprint density at radius 1 is 1.00 bits per heavy atom. The molecule has 1 aliphatic heterocycles. The molecule has 2 aromatic rings. The number of hydrogen-bond acceptors (Lipinski definition) is 4. The third-order valence-electron chi connectivity index (χ3n) is 4.68. The van der Waals surface area contributed by atoms with Gasteiger partial charge in [-0.2, -0.15) is 0 Å². The maximum absolute atomic E-state index is 12.9. The smallest absolute Gasteiger partial charge is 0.324 e. The number of nitrogens with two attached hydrogens (primary N) is 1. The van der Waals surface area contributed by atoms with Crippen LogP contribution in [0.4, 0.5) is 4.79 Å². The summed E-state index contributed by atoms with van der Waals surface area (Å²) >= 11 is 0. The molecule has 4 amide bonds. The fourth-order valence-corrected chi connectivity index (χ4v) is 3.11. The highest BCUT2D eigenvalue weighted by Gasteiger charge is 2.28. The Morgan fingerprint density at radius 3 is 2.32 bits per heavy atom. The Bertz CT molecular complexity index is 820. The largest absolute Gasteiger partial charge is 0.337 e. The molecular weight excluding hydrogens is 356 g/mol. The van der Waals surface area contributed by atoms with E-state index in [9.17, 15) is 14.4 Å². The second kappa shape index (κ2) is 9.14. The number of hydrogen-bond donors (Lipinski definition) is 2. The Balaban J connectivity index is 1.64. The summed E-state index contributed by atoms with van der Waals surface area (Å²) in [5.41, 5.74) is 8.20. The molecule has 0 bridgehead atoms. The first-order valence-corrected chi connectivity index (χ1v) is 9.29. The van der Waals surface area contributed by atoms with Crippen molar-refractivity contribution in [3.05, 3.63) is 71.3 Å². The highest BCUT2D eigenvalue weighted by atomic mass is 16.2. The molecule has 28 heavy (non-hydrogen) atoms. The molecule has 0 saturated carbocycles. The molecule has 0 radical (unpaired) electrons. The van der Waals surface area contributed by atoms with Crippen LogP contribution in [0, 0.1) is 0 Å². The van der Waals surface area contributed by atoms with Crippen LogP contribution in [0.15, 0.2) is 54.6 Å². The van der Waals surface area contributed by atoms with Crippen molar-refractivity contribution in [2.75, 3.05) is 26.2 Å². The molecule has 3 N–H and O–H groups in total. The molecule has 0 spiro atoms. The van der Waals surface area contributed by atoms with Gasteiger partial charge in [0.25, 0.3) is 5.91 Å². The van der Waals surface area contributed by atoms with Gasteiger partial charge >= 0.3 is 6.03 Å². The minimum Gasteiger partial charge on any atom is -0.337 e. The zero-order valence-electron chi connectivity index (χ0n) is 15.6. The van der Waals surface area contributed by atoms with Gasteiger partial charge in [0, 0.05) is 25.2 Å². The highest BCUT2D eigenvalue weighted by molar-refractivity contribution is 6.01. The van der Waals surface area contributed by atoms with Crippen LogP contribution < -0.4 is 11.1 Å². The molecular formula is C21H24N4O3. The van der Waals surface area contributed by atoms with E-state index in [0.717, 1.165) is 16.9 Å². The van der Waals surface area contributed by atoms with Crippen molar-refractivity contribution in [2.45, 2.75) is 13.0 Å². The van der Waals surface area contributed by atoms with Gasteiger partial charge in [0.15, 0.2) is 0 Å². The number of nitrogens with one attached hydrogen (secondary N) is 1. The van der Waals surface area contributed by atoms with Crippen molar-refractivity contribution >= 4 is 17.8 Å². The summed E-state index contributed by atoms with van der Waals surface area (Å²) in [6.07, 6.45) is 0.761. The van der Waals surface area contributed by atoms with Crippen LogP contribution in [0.2, 0.25) is 0 Å². The molecule has 3 rings (SSSR count). The van der Waals surface area contributed by atoms with Gasteiger partial charge in [-0.05, 0) is 29.7 Å². The van der Waals surface area contributed by atoms with E-state index in [2.05, 4.69) is 5.32 Å². The molecule has 0 aliphatic carbocycles. The first-order valence-electron chi connectivity index (χ1n) is 9.29. The van der Waals surface area contributed by atoms with Crippen LogP contribution >= 0.6 is 0 Å². The SMILES string of the molecule is NCCN(CCc1ccccc1)C(=O)c1ccc(CN2C(=O)CNC2=O)cc1. The molecule has 2 aromatic carbocycles. The fraction of sp³-hybridized carbons (Fsp3) is 0.286. The van der Waals surface area contributed by atoms with E-state index in [1.807, 2.05) is 30.3 Å². The van der Waals surface area contributed by atoms with Gasteiger partial charge in [0.1, 0.15) is 0 Å². The van der Waals surface area contributed by atoms with E-state index in [0.29, 0.717) is 25.2 Å². The molecule has 1 fully saturated rings. The van der Waals surface area contributed by atoms with Crippen molar-refractivity contribution in [2.24, 2.45) is 5.73 Å². The summed E-state index contributed by atoms with van der Waals surface area (Å²) < 4.78 is 0.